The molecule has 0 heterocycles. The first-order valence-corrected chi connectivity index (χ1v) is 6.44. The van der Waals surface area contributed by atoms with E-state index in [0.717, 1.165) is 0 Å². The zero-order chi connectivity index (χ0) is 15.4. The fourth-order valence-corrected chi connectivity index (χ4v) is 1.81. The maximum absolute atomic E-state index is 12.1. The van der Waals surface area contributed by atoms with Crippen LogP contribution in [0, 0.1) is 0 Å². The number of nitrogens with two attached hydrogens (primary N) is 1. The number of nitrogen functional groups attached to an aromatic ring is 1. The van der Waals surface area contributed by atoms with Crippen molar-refractivity contribution >= 4 is 34.9 Å². The summed E-state index contributed by atoms with van der Waals surface area (Å²) >= 11 is 5.81. The second-order valence-electron chi connectivity index (χ2n) is 4.26. The molecule has 0 bridgehead atoms. The smallest absolute Gasteiger partial charge is 0.337 e. The topological polar surface area (TPSA) is 81.4 Å². The average molecular weight is 305 g/mol. The molecule has 0 atom stereocenters. The highest BCUT2D eigenvalue weighted by atomic mass is 35.5. The van der Waals surface area contributed by atoms with Crippen molar-refractivity contribution in [2.75, 3.05) is 18.2 Å². The van der Waals surface area contributed by atoms with Gasteiger partial charge in [-0.15, -0.1) is 0 Å². The standard InChI is InChI=1S/C15H13ClN2O3/c1-21-15(20)9-2-5-11(6-3-9)18-14(19)10-4-7-12(16)13(17)8-10/h2-8H,17H2,1H3,(H,18,19). The summed E-state index contributed by atoms with van der Waals surface area (Å²) in [6.07, 6.45) is 0. The Hall–Kier alpha value is -2.53. The molecule has 0 aliphatic carbocycles. The molecule has 0 saturated heterocycles. The minimum Gasteiger partial charge on any atom is -0.465 e. The predicted molar refractivity (Wildman–Crippen MR) is 81.6 cm³/mol. The first-order chi connectivity index (χ1) is 10.0. The van der Waals surface area contributed by atoms with Gasteiger partial charge in [0.25, 0.3) is 5.91 Å². The molecule has 2 rings (SSSR count). The largest absolute Gasteiger partial charge is 0.465 e. The van der Waals surface area contributed by atoms with Crippen LogP contribution in [-0.4, -0.2) is 19.0 Å². The molecule has 6 heteroatoms. The highest BCUT2D eigenvalue weighted by molar-refractivity contribution is 6.33. The molecule has 0 radical (unpaired) electrons. The lowest BCUT2D eigenvalue weighted by atomic mass is 10.1. The van der Waals surface area contributed by atoms with Crippen LogP contribution in [0.4, 0.5) is 11.4 Å². The summed E-state index contributed by atoms with van der Waals surface area (Å²) in [6.45, 7) is 0. The first kappa shape index (κ1) is 14.9. The van der Waals surface area contributed by atoms with Crippen LogP contribution in [0.25, 0.3) is 0 Å². The van der Waals surface area contributed by atoms with Gasteiger partial charge in [-0.1, -0.05) is 11.6 Å². The molecule has 0 spiro atoms. The second kappa shape index (κ2) is 6.28. The number of halogens is 1. The lowest BCUT2D eigenvalue weighted by molar-refractivity contribution is 0.0600. The van der Waals surface area contributed by atoms with Crippen LogP contribution in [0.15, 0.2) is 42.5 Å². The van der Waals surface area contributed by atoms with Crippen molar-refractivity contribution in [3.63, 3.8) is 0 Å². The third-order valence-corrected chi connectivity index (χ3v) is 3.17. The molecule has 5 nitrogen and oxygen atoms in total. The van der Waals surface area contributed by atoms with Crippen molar-refractivity contribution in [3.8, 4) is 0 Å². The number of esters is 1. The summed E-state index contributed by atoms with van der Waals surface area (Å²) in [4.78, 5) is 23.4. The van der Waals surface area contributed by atoms with Crippen molar-refractivity contribution in [2.45, 2.75) is 0 Å². The minimum absolute atomic E-state index is 0.316. The Morgan fingerprint density at radius 3 is 2.29 bits per heavy atom. The van der Waals surface area contributed by atoms with Crippen LogP contribution in [0.5, 0.6) is 0 Å². The lowest BCUT2D eigenvalue weighted by Gasteiger charge is -2.07. The SMILES string of the molecule is COC(=O)c1ccc(NC(=O)c2ccc(Cl)c(N)c2)cc1. The molecule has 2 aromatic rings. The van der Waals surface area contributed by atoms with Gasteiger partial charge < -0.3 is 15.8 Å². The maximum Gasteiger partial charge on any atom is 0.337 e. The number of ether oxygens (including phenoxy) is 1. The van der Waals surface area contributed by atoms with Crippen molar-refractivity contribution in [3.05, 3.63) is 58.6 Å². The van der Waals surface area contributed by atoms with Crippen molar-refractivity contribution in [1.82, 2.24) is 0 Å². The number of anilines is 2. The third-order valence-electron chi connectivity index (χ3n) is 2.82. The third kappa shape index (κ3) is 3.52. The second-order valence-corrected chi connectivity index (χ2v) is 4.67. The monoisotopic (exact) mass is 304 g/mol. The normalized spacial score (nSPS) is 10.0. The van der Waals surface area contributed by atoms with Gasteiger partial charge in [0.15, 0.2) is 0 Å². The van der Waals surface area contributed by atoms with Gasteiger partial charge in [0.1, 0.15) is 0 Å². The van der Waals surface area contributed by atoms with Crippen molar-refractivity contribution in [2.24, 2.45) is 0 Å². The number of benzene rings is 2. The van der Waals surface area contributed by atoms with Crippen LogP contribution in [-0.2, 0) is 4.74 Å². The molecule has 0 aliphatic rings. The average Bonchev–Trinajstić information content (AvgIpc) is 2.50. The molecule has 0 unspecified atom stereocenters. The van der Waals surface area contributed by atoms with Crippen LogP contribution in [0.1, 0.15) is 20.7 Å². The highest BCUT2D eigenvalue weighted by Gasteiger charge is 2.09. The van der Waals surface area contributed by atoms with Crippen LogP contribution in [0.3, 0.4) is 0 Å². The van der Waals surface area contributed by atoms with Gasteiger partial charge in [0.2, 0.25) is 0 Å². The molecule has 2 aromatic carbocycles. The van der Waals surface area contributed by atoms with E-state index in [1.807, 2.05) is 0 Å². The number of hydrogen-bond donors (Lipinski definition) is 2. The molecule has 0 fully saturated rings. The summed E-state index contributed by atoms with van der Waals surface area (Å²) in [6, 6.07) is 11.0. The Morgan fingerprint density at radius 1 is 1.10 bits per heavy atom. The van der Waals surface area contributed by atoms with E-state index in [-0.39, 0.29) is 5.91 Å². The van der Waals surface area contributed by atoms with E-state index in [9.17, 15) is 9.59 Å². The molecule has 0 aromatic heterocycles. The van der Waals surface area contributed by atoms with Gasteiger partial charge in [-0.2, -0.15) is 0 Å². The van der Waals surface area contributed by atoms with Crippen molar-refractivity contribution in [1.29, 1.82) is 0 Å². The fourth-order valence-electron chi connectivity index (χ4n) is 1.70. The van der Waals surface area contributed by atoms with E-state index in [1.54, 1.807) is 36.4 Å². The minimum atomic E-state index is -0.432. The molecule has 3 N–H and O–H groups in total. The van der Waals surface area contributed by atoms with E-state index in [1.165, 1.54) is 13.2 Å². The Labute approximate surface area is 126 Å². The summed E-state index contributed by atoms with van der Waals surface area (Å²) in [7, 11) is 1.31. The van der Waals surface area contributed by atoms with E-state index in [0.29, 0.717) is 27.5 Å². The Morgan fingerprint density at radius 2 is 1.71 bits per heavy atom. The van der Waals surface area contributed by atoms with E-state index < -0.39 is 5.97 Å². The van der Waals surface area contributed by atoms with Gasteiger partial charge in [0, 0.05) is 11.3 Å². The maximum atomic E-state index is 12.1. The van der Waals surface area contributed by atoms with Crippen LogP contribution in [0.2, 0.25) is 5.02 Å². The van der Waals surface area contributed by atoms with E-state index >= 15 is 0 Å². The quantitative estimate of drug-likeness (QED) is 0.674. The number of amides is 1. The zero-order valence-corrected chi connectivity index (χ0v) is 12.0. The number of methoxy groups -OCH3 is 1. The van der Waals surface area contributed by atoms with Gasteiger partial charge in [-0.05, 0) is 42.5 Å². The molecule has 108 valence electrons. The van der Waals surface area contributed by atoms with Crippen molar-refractivity contribution < 1.29 is 14.3 Å². The summed E-state index contributed by atoms with van der Waals surface area (Å²) in [5.41, 5.74) is 7.36. The number of carbonyl (C=O) groups excluding carboxylic acids is 2. The highest BCUT2D eigenvalue weighted by Crippen LogP contribution is 2.20. The number of nitrogens with one attached hydrogen (secondary N) is 1. The summed E-state index contributed by atoms with van der Waals surface area (Å²) < 4.78 is 4.60. The summed E-state index contributed by atoms with van der Waals surface area (Å²) in [5.74, 6) is -0.748. The summed E-state index contributed by atoms with van der Waals surface area (Å²) in [5, 5.41) is 3.10. The number of rotatable bonds is 3. The first-order valence-electron chi connectivity index (χ1n) is 6.06. The predicted octanol–water partition coefficient (Wildman–Crippen LogP) is 2.96. The van der Waals surface area contributed by atoms with E-state index in [4.69, 9.17) is 17.3 Å². The molecule has 0 saturated carbocycles. The fraction of sp³-hybridized carbons (Fsp3) is 0.0667. The zero-order valence-electron chi connectivity index (χ0n) is 11.2. The van der Waals surface area contributed by atoms with Gasteiger partial charge in [-0.3, -0.25) is 4.79 Å². The van der Waals surface area contributed by atoms with Crippen LogP contribution < -0.4 is 11.1 Å². The lowest BCUT2D eigenvalue weighted by Crippen LogP contribution is -2.12. The molecular weight excluding hydrogens is 292 g/mol. The number of carbonyl (C=O) groups is 2. The molecular formula is C15H13ClN2O3. The van der Waals surface area contributed by atoms with Gasteiger partial charge in [-0.25, -0.2) is 4.79 Å². The Bertz CT molecular complexity index is 684. The van der Waals surface area contributed by atoms with Gasteiger partial charge in [0.05, 0.1) is 23.4 Å². The molecule has 0 aliphatic heterocycles. The molecule has 21 heavy (non-hydrogen) atoms. The Kier molecular flexibility index (Phi) is 4.45. The molecule has 1 amide bonds. The Balaban J connectivity index is 2.12. The number of hydrogen-bond acceptors (Lipinski definition) is 4. The van der Waals surface area contributed by atoms with Crippen LogP contribution >= 0.6 is 11.6 Å². The van der Waals surface area contributed by atoms with Gasteiger partial charge >= 0.3 is 5.97 Å². The van der Waals surface area contributed by atoms with E-state index in [2.05, 4.69) is 10.1 Å².